The summed E-state index contributed by atoms with van der Waals surface area (Å²) in [4.78, 5) is 0. The molecule has 0 saturated heterocycles. The highest BCUT2D eigenvalue weighted by Gasteiger charge is 2.19. The molecule has 0 aromatic heterocycles. The van der Waals surface area contributed by atoms with Crippen LogP contribution in [-0.2, 0) is 0 Å². The van der Waals surface area contributed by atoms with Gasteiger partial charge in [0.05, 0.1) is 18.7 Å². The molecule has 4 heteroatoms. The molecule has 1 aromatic carbocycles. The summed E-state index contributed by atoms with van der Waals surface area (Å²) >= 11 is 3.43. The number of nitriles is 1. The van der Waals surface area contributed by atoms with Crippen LogP contribution < -0.4 is 9.47 Å². The van der Waals surface area contributed by atoms with Crippen molar-refractivity contribution in [1.82, 2.24) is 0 Å². The van der Waals surface area contributed by atoms with Gasteiger partial charge in [0.2, 0.25) is 0 Å². The van der Waals surface area contributed by atoms with E-state index in [2.05, 4.69) is 22.0 Å². The van der Waals surface area contributed by atoms with Crippen LogP contribution in [0.2, 0.25) is 0 Å². The van der Waals surface area contributed by atoms with E-state index in [-0.39, 0.29) is 0 Å². The molecule has 0 aliphatic heterocycles. The first kappa shape index (κ1) is 11.9. The van der Waals surface area contributed by atoms with Crippen LogP contribution in [0.1, 0.15) is 16.7 Å². The van der Waals surface area contributed by atoms with E-state index >= 15 is 0 Å². The van der Waals surface area contributed by atoms with Gasteiger partial charge in [-0.2, -0.15) is 5.26 Å². The molecule has 1 rings (SSSR count). The fourth-order valence-corrected chi connectivity index (χ4v) is 2.18. The van der Waals surface area contributed by atoms with Crippen LogP contribution in [0.25, 0.3) is 0 Å². The van der Waals surface area contributed by atoms with Crippen molar-refractivity contribution in [3.05, 3.63) is 21.2 Å². The summed E-state index contributed by atoms with van der Waals surface area (Å²) in [5.41, 5.74) is 2.18. The summed E-state index contributed by atoms with van der Waals surface area (Å²) in [6.07, 6.45) is 0. The Bertz CT molecular complexity index is 435. The van der Waals surface area contributed by atoms with Gasteiger partial charge in [-0.05, 0) is 29.8 Å². The van der Waals surface area contributed by atoms with Crippen LogP contribution in [-0.4, -0.2) is 14.2 Å². The van der Waals surface area contributed by atoms with Crippen molar-refractivity contribution in [2.75, 3.05) is 14.2 Å². The third-order valence-electron chi connectivity index (χ3n) is 2.33. The summed E-state index contributed by atoms with van der Waals surface area (Å²) in [7, 11) is 3.14. The van der Waals surface area contributed by atoms with Gasteiger partial charge in [0, 0.05) is 11.1 Å². The molecule has 0 spiro atoms. The van der Waals surface area contributed by atoms with Crippen LogP contribution >= 0.6 is 15.9 Å². The molecule has 0 aliphatic rings. The molecule has 80 valence electrons. The Morgan fingerprint density at radius 1 is 1.07 bits per heavy atom. The zero-order chi connectivity index (χ0) is 11.6. The first-order valence-electron chi connectivity index (χ1n) is 4.39. The zero-order valence-corrected chi connectivity index (χ0v) is 10.7. The van der Waals surface area contributed by atoms with Crippen LogP contribution in [0, 0.1) is 25.2 Å². The quantitative estimate of drug-likeness (QED) is 0.829. The highest BCUT2D eigenvalue weighted by atomic mass is 79.9. The molecule has 1 aromatic rings. The lowest BCUT2D eigenvalue weighted by Crippen LogP contribution is -1.99. The van der Waals surface area contributed by atoms with E-state index in [4.69, 9.17) is 14.7 Å². The number of ether oxygens (including phenoxy) is 2. The second-order valence-corrected chi connectivity index (χ2v) is 3.91. The highest BCUT2D eigenvalue weighted by molar-refractivity contribution is 9.10. The number of benzene rings is 1. The lowest BCUT2D eigenvalue weighted by molar-refractivity contribution is 0.394. The van der Waals surface area contributed by atoms with Gasteiger partial charge in [0.1, 0.15) is 23.1 Å². The molecular weight excluding hydrogens is 258 g/mol. The van der Waals surface area contributed by atoms with E-state index in [9.17, 15) is 0 Å². The Morgan fingerprint density at radius 2 is 1.60 bits per heavy atom. The Labute approximate surface area is 97.7 Å². The maximum atomic E-state index is 9.06. The van der Waals surface area contributed by atoms with Gasteiger partial charge in [-0.25, -0.2) is 0 Å². The van der Waals surface area contributed by atoms with Crippen molar-refractivity contribution < 1.29 is 9.47 Å². The number of nitrogens with zero attached hydrogens (tertiary/aromatic N) is 1. The van der Waals surface area contributed by atoms with Crippen LogP contribution in [0.5, 0.6) is 11.5 Å². The molecule has 0 radical (unpaired) electrons. The summed E-state index contributed by atoms with van der Waals surface area (Å²) < 4.78 is 11.3. The second-order valence-electron chi connectivity index (χ2n) is 3.12. The summed E-state index contributed by atoms with van der Waals surface area (Å²) in [6.45, 7) is 3.72. The minimum atomic E-state index is 0.523. The minimum absolute atomic E-state index is 0.523. The largest absolute Gasteiger partial charge is 0.495 e. The van der Waals surface area contributed by atoms with E-state index in [1.165, 1.54) is 0 Å². The molecule has 0 atom stereocenters. The van der Waals surface area contributed by atoms with E-state index in [1.807, 2.05) is 13.8 Å². The molecule has 0 bridgehead atoms. The molecule has 0 amide bonds. The standard InChI is InChI=1S/C11H12BrNO2/c1-6-8(5-13)10(14-3)7(2)9(12)11(6)15-4/h1-4H3. The number of methoxy groups -OCH3 is 2. The van der Waals surface area contributed by atoms with Gasteiger partial charge in [0.15, 0.2) is 0 Å². The van der Waals surface area contributed by atoms with Crippen molar-refractivity contribution in [2.45, 2.75) is 13.8 Å². The molecule has 0 aliphatic carbocycles. The molecule has 0 N–H and O–H groups in total. The summed E-state index contributed by atoms with van der Waals surface area (Å²) in [5.74, 6) is 1.28. The Balaban J connectivity index is 3.67. The Hall–Kier alpha value is -1.21. The normalized spacial score (nSPS) is 9.60. The van der Waals surface area contributed by atoms with Crippen molar-refractivity contribution in [2.24, 2.45) is 0 Å². The van der Waals surface area contributed by atoms with Gasteiger partial charge < -0.3 is 9.47 Å². The predicted molar refractivity (Wildman–Crippen MR) is 61.4 cm³/mol. The van der Waals surface area contributed by atoms with Crippen molar-refractivity contribution in [3.63, 3.8) is 0 Å². The number of hydrogen-bond acceptors (Lipinski definition) is 3. The topological polar surface area (TPSA) is 42.2 Å². The Kier molecular flexibility index (Phi) is 3.59. The molecule has 0 fully saturated rings. The van der Waals surface area contributed by atoms with Crippen LogP contribution in [0.15, 0.2) is 4.47 Å². The molecule has 0 unspecified atom stereocenters. The maximum Gasteiger partial charge on any atom is 0.141 e. The van der Waals surface area contributed by atoms with Crippen LogP contribution in [0.4, 0.5) is 0 Å². The van der Waals surface area contributed by atoms with Crippen molar-refractivity contribution >= 4 is 15.9 Å². The monoisotopic (exact) mass is 269 g/mol. The zero-order valence-electron chi connectivity index (χ0n) is 9.14. The third-order valence-corrected chi connectivity index (χ3v) is 3.29. The van der Waals surface area contributed by atoms with E-state index in [0.29, 0.717) is 17.1 Å². The van der Waals surface area contributed by atoms with Gasteiger partial charge in [-0.1, -0.05) is 0 Å². The highest BCUT2D eigenvalue weighted by Crippen LogP contribution is 2.40. The fraction of sp³-hybridized carbons (Fsp3) is 0.364. The number of hydrogen-bond donors (Lipinski definition) is 0. The first-order chi connectivity index (χ1) is 7.08. The second kappa shape index (κ2) is 4.54. The maximum absolute atomic E-state index is 9.06. The fourth-order valence-electron chi connectivity index (χ4n) is 1.54. The molecule has 0 heterocycles. The number of rotatable bonds is 2. The molecule has 3 nitrogen and oxygen atoms in total. The lowest BCUT2D eigenvalue weighted by Gasteiger charge is -2.15. The van der Waals surface area contributed by atoms with E-state index in [0.717, 1.165) is 15.6 Å². The molecule has 15 heavy (non-hydrogen) atoms. The summed E-state index contributed by atoms with van der Waals surface area (Å²) in [6, 6.07) is 2.13. The number of halogens is 1. The average Bonchev–Trinajstić information content (AvgIpc) is 2.23. The van der Waals surface area contributed by atoms with E-state index < -0.39 is 0 Å². The lowest BCUT2D eigenvalue weighted by atomic mass is 10.0. The summed E-state index contributed by atoms with van der Waals surface area (Å²) in [5, 5.41) is 9.06. The van der Waals surface area contributed by atoms with E-state index in [1.54, 1.807) is 14.2 Å². The predicted octanol–water partition coefficient (Wildman–Crippen LogP) is 2.95. The molecular formula is C11H12BrNO2. The SMILES string of the molecule is COc1c(C)c(C#N)c(OC)c(C)c1Br. The molecule has 0 saturated carbocycles. The van der Waals surface area contributed by atoms with Gasteiger partial charge in [-0.15, -0.1) is 0 Å². The smallest absolute Gasteiger partial charge is 0.141 e. The first-order valence-corrected chi connectivity index (χ1v) is 5.18. The van der Waals surface area contributed by atoms with Gasteiger partial charge in [-0.3, -0.25) is 0 Å². The van der Waals surface area contributed by atoms with Crippen molar-refractivity contribution in [1.29, 1.82) is 5.26 Å². The van der Waals surface area contributed by atoms with Crippen molar-refractivity contribution in [3.8, 4) is 17.6 Å². The van der Waals surface area contributed by atoms with Gasteiger partial charge in [0.25, 0.3) is 0 Å². The average molecular weight is 270 g/mol. The van der Waals surface area contributed by atoms with Gasteiger partial charge >= 0.3 is 0 Å². The third kappa shape index (κ3) is 1.80. The Morgan fingerprint density at radius 3 is 2.00 bits per heavy atom. The minimum Gasteiger partial charge on any atom is -0.495 e. The van der Waals surface area contributed by atoms with Crippen LogP contribution in [0.3, 0.4) is 0 Å².